The molecule has 19 heavy (non-hydrogen) atoms. The van der Waals surface area contributed by atoms with Gasteiger partial charge in [-0.05, 0) is 36.8 Å². The van der Waals surface area contributed by atoms with Gasteiger partial charge in [0, 0.05) is 36.7 Å². The van der Waals surface area contributed by atoms with Crippen molar-refractivity contribution < 1.29 is 4.39 Å². The smallest absolute Gasteiger partial charge is 0.129 e. The summed E-state index contributed by atoms with van der Waals surface area (Å²) < 4.78 is 13.8. The molecule has 1 aromatic heterocycles. The van der Waals surface area contributed by atoms with Crippen molar-refractivity contribution in [3.63, 3.8) is 0 Å². The summed E-state index contributed by atoms with van der Waals surface area (Å²) in [5, 5.41) is 0. The van der Waals surface area contributed by atoms with E-state index in [0.717, 1.165) is 17.8 Å². The van der Waals surface area contributed by atoms with Crippen LogP contribution in [-0.2, 0) is 12.4 Å². The van der Waals surface area contributed by atoms with Gasteiger partial charge in [-0.2, -0.15) is 0 Å². The minimum atomic E-state index is -0.249. The summed E-state index contributed by atoms with van der Waals surface area (Å²) in [5.74, 6) is -0.0739. The lowest BCUT2D eigenvalue weighted by Gasteiger charge is -2.25. The van der Waals surface area contributed by atoms with Crippen LogP contribution in [0.2, 0.25) is 0 Å². The third-order valence-electron chi connectivity index (χ3n) is 3.07. The van der Waals surface area contributed by atoms with Gasteiger partial charge >= 0.3 is 0 Å². The summed E-state index contributed by atoms with van der Waals surface area (Å²) in [6.45, 7) is 3.55. The minimum absolute atomic E-state index is 0.175. The van der Waals surface area contributed by atoms with Crippen molar-refractivity contribution in [2.24, 2.45) is 0 Å². The maximum atomic E-state index is 13.8. The highest BCUT2D eigenvalue weighted by atomic mass is 35.5. The first kappa shape index (κ1) is 13.8. The lowest BCUT2D eigenvalue weighted by molar-refractivity contribution is 0.615. The average Bonchev–Trinajstić information content (AvgIpc) is 2.45. The molecule has 0 spiro atoms. The van der Waals surface area contributed by atoms with Crippen molar-refractivity contribution in [1.29, 1.82) is 0 Å². The Labute approximate surface area is 117 Å². The van der Waals surface area contributed by atoms with Gasteiger partial charge in [-0.15, -0.1) is 11.6 Å². The third kappa shape index (κ3) is 3.24. The normalized spacial score (nSPS) is 10.5. The molecule has 0 saturated carbocycles. The van der Waals surface area contributed by atoms with Gasteiger partial charge in [-0.25, -0.2) is 4.39 Å². The first-order valence-electron chi connectivity index (χ1n) is 6.23. The van der Waals surface area contributed by atoms with E-state index in [2.05, 4.69) is 9.88 Å². The maximum absolute atomic E-state index is 13.8. The maximum Gasteiger partial charge on any atom is 0.129 e. The molecule has 0 aliphatic heterocycles. The fourth-order valence-electron chi connectivity index (χ4n) is 2.05. The molecule has 0 bridgehead atoms. The summed E-state index contributed by atoms with van der Waals surface area (Å²) in [7, 11) is 0. The van der Waals surface area contributed by atoms with Crippen molar-refractivity contribution in [3.8, 4) is 0 Å². The Morgan fingerprint density at radius 2 is 1.95 bits per heavy atom. The standard InChI is InChI=1S/C15H16ClFN2/c1-2-19(11-12-6-8-18-9-7-12)15-5-3-4-14(17)13(15)10-16/h3-9H,2,10-11H2,1H3. The van der Waals surface area contributed by atoms with Crippen molar-refractivity contribution in [3.05, 3.63) is 59.7 Å². The zero-order valence-corrected chi connectivity index (χ0v) is 11.6. The molecule has 0 N–H and O–H groups in total. The molecule has 0 atom stereocenters. The Kier molecular flexibility index (Phi) is 4.74. The molecule has 2 rings (SSSR count). The zero-order valence-electron chi connectivity index (χ0n) is 10.8. The van der Waals surface area contributed by atoms with Crippen LogP contribution in [0.15, 0.2) is 42.7 Å². The largest absolute Gasteiger partial charge is 0.367 e. The van der Waals surface area contributed by atoms with Gasteiger partial charge in [-0.1, -0.05) is 6.07 Å². The second kappa shape index (κ2) is 6.53. The monoisotopic (exact) mass is 278 g/mol. The van der Waals surface area contributed by atoms with Crippen molar-refractivity contribution in [1.82, 2.24) is 4.98 Å². The highest BCUT2D eigenvalue weighted by Crippen LogP contribution is 2.26. The molecular formula is C15H16ClFN2. The van der Waals surface area contributed by atoms with E-state index in [1.165, 1.54) is 6.07 Å². The van der Waals surface area contributed by atoms with E-state index in [9.17, 15) is 4.39 Å². The molecule has 2 aromatic rings. The van der Waals surface area contributed by atoms with Gasteiger partial charge in [0.15, 0.2) is 0 Å². The minimum Gasteiger partial charge on any atom is -0.367 e. The molecule has 0 amide bonds. The first-order valence-corrected chi connectivity index (χ1v) is 6.77. The fraction of sp³-hybridized carbons (Fsp3) is 0.267. The number of hydrogen-bond donors (Lipinski definition) is 0. The van der Waals surface area contributed by atoms with Crippen LogP contribution in [0.3, 0.4) is 0 Å². The van der Waals surface area contributed by atoms with E-state index in [1.54, 1.807) is 18.5 Å². The molecule has 2 nitrogen and oxygen atoms in total. The van der Waals surface area contributed by atoms with E-state index >= 15 is 0 Å². The number of halogens is 2. The number of anilines is 1. The summed E-state index contributed by atoms with van der Waals surface area (Å²) in [5.41, 5.74) is 2.55. The van der Waals surface area contributed by atoms with Crippen molar-refractivity contribution in [2.45, 2.75) is 19.3 Å². The Morgan fingerprint density at radius 3 is 2.58 bits per heavy atom. The van der Waals surface area contributed by atoms with Crippen LogP contribution >= 0.6 is 11.6 Å². The van der Waals surface area contributed by atoms with E-state index in [1.807, 2.05) is 25.1 Å². The molecule has 1 aromatic carbocycles. The van der Waals surface area contributed by atoms with Gasteiger partial charge in [0.1, 0.15) is 5.82 Å². The van der Waals surface area contributed by atoms with Gasteiger partial charge < -0.3 is 4.90 Å². The topological polar surface area (TPSA) is 16.1 Å². The Bertz CT molecular complexity index is 531. The van der Waals surface area contributed by atoms with Crippen LogP contribution in [0.4, 0.5) is 10.1 Å². The van der Waals surface area contributed by atoms with Crippen molar-refractivity contribution in [2.75, 3.05) is 11.4 Å². The number of aromatic nitrogens is 1. The van der Waals surface area contributed by atoms with Crippen LogP contribution in [0.25, 0.3) is 0 Å². The molecule has 0 radical (unpaired) electrons. The average molecular weight is 279 g/mol. The van der Waals surface area contributed by atoms with Crippen LogP contribution in [0.5, 0.6) is 0 Å². The first-order chi connectivity index (χ1) is 9.26. The number of nitrogens with zero attached hydrogens (tertiary/aromatic N) is 2. The summed E-state index contributed by atoms with van der Waals surface area (Å²) in [4.78, 5) is 6.11. The molecule has 0 aliphatic rings. The predicted octanol–water partition coefficient (Wildman–Crippen LogP) is 3.99. The van der Waals surface area contributed by atoms with E-state index in [4.69, 9.17) is 11.6 Å². The van der Waals surface area contributed by atoms with E-state index < -0.39 is 0 Å². The summed E-state index contributed by atoms with van der Waals surface area (Å²) in [6, 6.07) is 8.99. The number of hydrogen-bond acceptors (Lipinski definition) is 2. The SMILES string of the molecule is CCN(Cc1ccncc1)c1cccc(F)c1CCl. The summed E-state index contributed by atoms with van der Waals surface area (Å²) >= 11 is 5.86. The zero-order chi connectivity index (χ0) is 13.7. The van der Waals surface area contributed by atoms with Gasteiger partial charge in [0.2, 0.25) is 0 Å². The quantitative estimate of drug-likeness (QED) is 0.769. The van der Waals surface area contributed by atoms with Crippen LogP contribution < -0.4 is 4.90 Å². The lowest BCUT2D eigenvalue weighted by atomic mass is 10.1. The van der Waals surface area contributed by atoms with E-state index in [0.29, 0.717) is 12.1 Å². The lowest BCUT2D eigenvalue weighted by Crippen LogP contribution is -2.23. The Morgan fingerprint density at radius 1 is 1.21 bits per heavy atom. The second-order valence-electron chi connectivity index (χ2n) is 4.24. The van der Waals surface area contributed by atoms with Crippen LogP contribution in [-0.4, -0.2) is 11.5 Å². The number of benzene rings is 1. The molecule has 100 valence electrons. The molecule has 0 unspecified atom stereocenters. The van der Waals surface area contributed by atoms with Crippen molar-refractivity contribution >= 4 is 17.3 Å². The molecule has 0 saturated heterocycles. The molecule has 4 heteroatoms. The van der Waals surface area contributed by atoms with Crippen LogP contribution in [0, 0.1) is 5.82 Å². The molecular weight excluding hydrogens is 263 g/mol. The highest BCUT2D eigenvalue weighted by molar-refractivity contribution is 6.17. The van der Waals surface area contributed by atoms with Gasteiger partial charge in [0.25, 0.3) is 0 Å². The van der Waals surface area contributed by atoms with E-state index in [-0.39, 0.29) is 11.7 Å². The Balaban J connectivity index is 2.30. The number of rotatable bonds is 5. The van der Waals surface area contributed by atoms with Gasteiger partial charge in [-0.3, -0.25) is 4.98 Å². The molecule has 1 heterocycles. The predicted molar refractivity (Wildman–Crippen MR) is 76.9 cm³/mol. The molecule has 0 aliphatic carbocycles. The number of alkyl halides is 1. The number of pyridine rings is 1. The summed E-state index contributed by atoms with van der Waals surface area (Å²) in [6.07, 6.45) is 3.52. The fourth-order valence-corrected chi connectivity index (χ4v) is 2.32. The van der Waals surface area contributed by atoms with Gasteiger partial charge in [0.05, 0.1) is 5.88 Å². The highest BCUT2D eigenvalue weighted by Gasteiger charge is 2.13. The second-order valence-corrected chi connectivity index (χ2v) is 4.51. The Hall–Kier alpha value is -1.61. The third-order valence-corrected chi connectivity index (χ3v) is 3.34. The van der Waals surface area contributed by atoms with Crippen LogP contribution in [0.1, 0.15) is 18.1 Å². The molecule has 0 fully saturated rings.